The fourth-order valence-corrected chi connectivity index (χ4v) is 3.38. The van der Waals surface area contributed by atoms with E-state index in [1.165, 1.54) is 0 Å². The average molecular weight is 425 g/mol. The van der Waals surface area contributed by atoms with Crippen molar-refractivity contribution in [3.8, 4) is 5.75 Å². The van der Waals surface area contributed by atoms with E-state index in [1.807, 2.05) is 71.9 Å². The Labute approximate surface area is 186 Å². The SMILES string of the molecule is Cc1cc(C)c(C)c(OCC(=O)N(Cc2ccccc2C)[C@@H](C)C(=O)NCC(C)C)c1. The van der Waals surface area contributed by atoms with Gasteiger partial charge < -0.3 is 15.0 Å². The van der Waals surface area contributed by atoms with Gasteiger partial charge in [0.05, 0.1) is 0 Å². The first-order chi connectivity index (χ1) is 14.6. The van der Waals surface area contributed by atoms with E-state index in [0.29, 0.717) is 24.8 Å². The summed E-state index contributed by atoms with van der Waals surface area (Å²) in [6.07, 6.45) is 0. The molecule has 2 rings (SSSR count). The van der Waals surface area contributed by atoms with E-state index < -0.39 is 6.04 Å². The molecule has 0 saturated heterocycles. The van der Waals surface area contributed by atoms with Crippen molar-refractivity contribution in [3.63, 3.8) is 0 Å². The third-order valence-electron chi connectivity index (χ3n) is 5.57. The monoisotopic (exact) mass is 424 g/mol. The lowest BCUT2D eigenvalue weighted by atomic mass is 10.1. The van der Waals surface area contributed by atoms with Crippen LogP contribution in [0.5, 0.6) is 5.75 Å². The second-order valence-corrected chi connectivity index (χ2v) is 8.76. The highest BCUT2D eigenvalue weighted by molar-refractivity contribution is 5.88. The molecule has 0 spiro atoms. The maximum absolute atomic E-state index is 13.2. The first-order valence-electron chi connectivity index (χ1n) is 10.9. The molecule has 0 heterocycles. The minimum absolute atomic E-state index is 0.114. The number of carbonyl (C=O) groups is 2. The van der Waals surface area contributed by atoms with Crippen molar-refractivity contribution in [3.05, 3.63) is 64.2 Å². The molecule has 0 aliphatic heterocycles. The standard InChI is InChI=1S/C26H36N2O3/c1-17(2)14-27-26(30)22(7)28(15-23-11-9-8-10-19(23)4)25(29)16-31-24-13-18(3)12-20(5)21(24)6/h8-13,17,22H,14-16H2,1-7H3,(H,27,30)/t22-/m0/s1. The second kappa shape index (κ2) is 11.0. The van der Waals surface area contributed by atoms with Crippen molar-refractivity contribution in [1.29, 1.82) is 0 Å². The van der Waals surface area contributed by atoms with Gasteiger partial charge in [-0.2, -0.15) is 0 Å². The molecule has 0 radical (unpaired) electrons. The van der Waals surface area contributed by atoms with Gasteiger partial charge >= 0.3 is 0 Å². The number of nitrogens with one attached hydrogen (secondary N) is 1. The van der Waals surface area contributed by atoms with Crippen LogP contribution in [0, 0.1) is 33.6 Å². The van der Waals surface area contributed by atoms with Gasteiger partial charge in [0.2, 0.25) is 5.91 Å². The van der Waals surface area contributed by atoms with Gasteiger partial charge in [-0.1, -0.05) is 44.2 Å². The Kier molecular flexibility index (Phi) is 8.66. The van der Waals surface area contributed by atoms with Gasteiger partial charge in [-0.05, 0) is 74.4 Å². The van der Waals surface area contributed by atoms with E-state index >= 15 is 0 Å². The van der Waals surface area contributed by atoms with Gasteiger partial charge in [0.1, 0.15) is 11.8 Å². The number of hydrogen-bond acceptors (Lipinski definition) is 3. The summed E-state index contributed by atoms with van der Waals surface area (Å²) >= 11 is 0. The first kappa shape index (κ1) is 24.4. The molecule has 2 amide bonds. The predicted molar refractivity (Wildman–Crippen MR) is 125 cm³/mol. The molecule has 0 unspecified atom stereocenters. The largest absolute Gasteiger partial charge is 0.483 e. The van der Waals surface area contributed by atoms with E-state index in [4.69, 9.17) is 4.74 Å². The number of amides is 2. The normalized spacial score (nSPS) is 11.9. The van der Waals surface area contributed by atoms with Crippen molar-refractivity contribution < 1.29 is 14.3 Å². The summed E-state index contributed by atoms with van der Waals surface area (Å²) in [6, 6.07) is 11.4. The fourth-order valence-electron chi connectivity index (χ4n) is 3.38. The molecule has 0 saturated carbocycles. The predicted octanol–water partition coefficient (Wildman–Crippen LogP) is 4.49. The topological polar surface area (TPSA) is 58.6 Å². The summed E-state index contributed by atoms with van der Waals surface area (Å²) in [4.78, 5) is 27.6. The Morgan fingerprint density at radius 2 is 1.68 bits per heavy atom. The first-order valence-corrected chi connectivity index (χ1v) is 10.9. The van der Waals surface area contributed by atoms with Gasteiger partial charge in [0.15, 0.2) is 6.61 Å². The maximum atomic E-state index is 13.2. The minimum Gasteiger partial charge on any atom is -0.483 e. The molecule has 5 heteroatoms. The van der Waals surface area contributed by atoms with Crippen LogP contribution in [0.3, 0.4) is 0 Å². The fraction of sp³-hybridized carbons (Fsp3) is 0.462. The van der Waals surface area contributed by atoms with Crippen LogP contribution in [-0.2, 0) is 16.1 Å². The van der Waals surface area contributed by atoms with Gasteiger partial charge in [0.25, 0.3) is 5.91 Å². The summed E-state index contributed by atoms with van der Waals surface area (Å²) < 4.78 is 5.91. The van der Waals surface area contributed by atoms with Crippen LogP contribution >= 0.6 is 0 Å². The van der Waals surface area contributed by atoms with Crippen LogP contribution in [0.15, 0.2) is 36.4 Å². The van der Waals surface area contributed by atoms with Gasteiger partial charge in [-0.15, -0.1) is 0 Å². The van der Waals surface area contributed by atoms with Crippen molar-refractivity contribution in [2.75, 3.05) is 13.2 Å². The number of ether oxygens (including phenoxy) is 1. The molecule has 5 nitrogen and oxygen atoms in total. The Hall–Kier alpha value is -2.82. The summed E-state index contributed by atoms with van der Waals surface area (Å²) in [7, 11) is 0. The molecule has 168 valence electrons. The highest BCUT2D eigenvalue weighted by atomic mass is 16.5. The number of hydrogen-bond donors (Lipinski definition) is 1. The van der Waals surface area contributed by atoms with Gasteiger partial charge in [0, 0.05) is 13.1 Å². The zero-order valence-corrected chi connectivity index (χ0v) is 19.9. The minimum atomic E-state index is -0.602. The zero-order valence-electron chi connectivity index (χ0n) is 19.9. The number of benzene rings is 2. The molecule has 0 bridgehead atoms. The van der Waals surface area contributed by atoms with E-state index in [-0.39, 0.29) is 18.4 Å². The van der Waals surface area contributed by atoms with Crippen molar-refractivity contribution >= 4 is 11.8 Å². The smallest absolute Gasteiger partial charge is 0.261 e. The zero-order chi connectivity index (χ0) is 23.1. The van der Waals surface area contributed by atoms with Crippen LogP contribution in [0.4, 0.5) is 0 Å². The lowest BCUT2D eigenvalue weighted by molar-refractivity contribution is -0.142. The molecule has 0 aliphatic rings. The molecular weight excluding hydrogens is 388 g/mol. The summed E-state index contributed by atoms with van der Waals surface area (Å²) in [6.45, 7) is 14.7. The molecule has 0 fully saturated rings. The number of aryl methyl sites for hydroxylation is 3. The van der Waals surface area contributed by atoms with Crippen LogP contribution in [0.1, 0.15) is 48.6 Å². The van der Waals surface area contributed by atoms with Gasteiger partial charge in [-0.3, -0.25) is 9.59 Å². The molecule has 0 aromatic heterocycles. The Morgan fingerprint density at radius 3 is 2.32 bits per heavy atom. The number of nitrogens with zero attached hydrogens (tertiary/aromatic N) is 1. The summed E-state index contributed by atoms with van der Waals surface area (Å²) in [5, 5.41) is 2.94. The summed E-state index contributed by atoms with van der Waals surface area (Å²) in [5.41, 5.74) is 5.33. The van der Waals surface area contributed by atoms with E-state index in [0.717, 1.165) is 27.8 Å². The lowest BCUT2D eigenvalue weighted by Crippen LogP contribution is -2.49. The van der Waals surface area contributed by atoms with Crippen LogP contribution in [-0.4, -0.2) is 35.9 Å². The molecule has 1 atom stereocenters. The van der Waals surface area contributed by atoms with Crippen LogP contribution < -0.4 is 10.1 Å². The van der Waals surface area contributed by atoms with Gasteiger partial charge in [-0.25, -0.2) is 0 Å². The van der Waals surface area contributed by atoms with Crippen molar-refractivity contribution in [1.82, 2.24) is 10.2 Å². The average Bonchev–Trinajstić information content (AvgIpc) is 2.72. The molecular formula is C26H36N2O3. The van der Waals surface area contributed by atoms with Crippen LogP contribution in [0.25, 0.3) is 0 Å². The number of carbonyl (C=O) groups excluding carboxylic acids is 2. The lowest BCUT2D eigenvalue weighted by Gasteiger charge is -2.29. The molecule has 1 N–H and O–H groups in total. The third kappa shape index (κ3) is 6.84. The van der Waals surface area contributed by atoms with Crippen LogP contribution in [0.2, 0.25) is 0 Å². The van der Waals surface area contributed by atoms with E-state index in [1.54, 1.807) is 11.8 Å². The molecule has 2 aromatic carbocycles. The Morgan fingerprint density at radius 1 is 1.00 bits per heavy atom. The number of rotatable bonds is 9. The second-order valence-electron chi connectivity index (χ2n) is 8.76. The highest BCUT2D eigenvalue weighted by Gasteiger charge is 2.27. The van der Waals surface area contributed by atoms with E-state index in [2.05, 4.69) is 11.4 Å². The third-order valence-corrected chi connectivity index (χ3v) is 5.57. The van der Waals surface area contributed by atoms with Crippen molar-refractivity contribution in [2.45, 2.75) is 61.1 Å². The molecule has 31 heavy (non-hydrogen) atoms. The quantitative estimate of drug-likeness (QED) is 0.645. The molecule has 0 aliphatic carbocycles. The van der Waals surface area contributed by atoms with Crippen molar-refractivity contribution in [2.24, 2.45) is 5.92 Å². The maximum Gasteiger partial charge on any atom is 0.261 e. The Bertz CT molecular complexity index is 921. The summed E-state index contributed by atoms with van der Waals surface area (Å²) in [5.74, 6) is 0.679. The Balaban J connectivity index is 2.21. The molecule has 2 aromatic rings. The highest BCUT2D eigenvalue weighted by Crippen LogP contribution is 2.23. The van der Waals surface area contributed by atoms with E-state index in [9.17, 15) is 9.59 Å².